The molecule has 10 heteroatoms. The van der Waals surface area contributed by atoms with Crippen molar-refractivity contribution in [3.63, 3.8) is 0 Å². The van der Waals surface area contributed by atoms with E-state index in [4.69, 9.17) is 4.42 Å². The lowest BCUT2D eigenvalue weighted by atomic mass is 9.58. The molecule has 0 amide bonds. The maximum atomic E-state index is 13.9. The molecule has 10 nitrogen and oxygen atoms in total. The highest BCUT2D eigenvalue weighted by molar-refractivity contribution is 6.25. The second-order valence-corrected chi connectivity index (χ2v) is 10.00. The molecule has 184 valence electrons. The van der Waals surface area contributed by atoms with Crippen LogP contribution in [-0.2, 0) is 16.0 Å². The molecule has 3 N–H and O–H groups in total. The number of benzene rings is 1. The number of nitrogens with zero attached hydrogens (tertiary/aromatic N) is 3. The van der Waals surface area contributed by atoms with E-state index in [0.717, 1.165) is 18.2 Å². The van der Waals surface area contributed by atoms with Crippen molar-refractivity contribution >= 4 is 34.1 Å². The van der Waals surface area contributed by atoms with Crippen LogP contribution in [0.15, 0.2) is 39.5 Å². The third kappa shape index (κ3) is 2.90. The van der Waals surface area contributed by atoms with E-state index in [2.05, 4.69) is 4.98 Å². The Morgan fingerprint density at radius 1 is 1.20 bits per heavy atom. The SMILES string of the molecule is CC(=O)C1=C(O)[C@@H](N(C)C)[C@@H]2C[C@@H]3Cc4c(N(C)C)cc5ncoc5c4C(=O)C3=C(O)[C@]2(O)C1=O. The highest BCUT2D eigenvalue weighted by Crippen LogP contribution is 2.53. The van der Waals surface area contributed by atoms with Gasteiger partial charge < -0.3 is 24.6 Å². The Morgan fingerprint density at radius 2 is 1.89 bits per heavy atom. The molecule has 1 aromatic heterocycles. The van der Waals surface area contributed by atoms with Gasteiger partial charge in [-0.05, 0) is 51.4 Å². The van der Waals surface area contributed by atoms with Gasteiger partial charge in [-0.15, -0.1) is 0 Å². The van der Waals surface area contributed by atoms with E-state index in [1.165, 1.54) is 6.39 Å². The highest BCUT2D eigenvalue weighted by Gasteiger charge is 2.63. The first-order chi connectivity index (χ1) is 16.4. The topological polar surface area (TPSA) is 144 Å². The summed E-state index contributed by atoms with van der Waals surface area (Å²) >= 11 is 0. The Labute approximate surface area is 201 Å². The van der Waals surface area contributed by atoms with Crippen LogP contribution in [0.2, 0.25) is 0 Å². The number of aliphatic hydroxyl groups is 3. The molecule has 0 fully saturated rings. The molecule has 0 saturated carbocycles. The molecule has 5 rings (SSSR count). The summed E-state index contributed by atoms with van der Waals surface area (Å²) in [5, 5.41) is 34.0. The smallest absolute Gasteiger partial charge is 0.209 e. The number of hydrogen-bond donors (Lipinski definition) is 3. The van der Waals surface area contributed by atoms with Crippen LogP contribution in [-0.4, -0.2) is 82.4 Å². The normalized spacial score (nSPS) is 28.4. The van der Waals surface area contributed by atoms with Crippen LogP contribution in [0.3, 0.4) is 0 Å². The number of allylic oxidation sites excluding steroid dienone is 1. The molecule has 35 heavy (non-hydrogen) atoms. The number of likely N-dealkylation sites (N-methyl/N-ethyl adjacent to an activating group) is 1. The predicted molar refractivity (Wildman–Crippen MR) is 125 cm³/mol. The summed E-state index contributed by atoms with van der Waals surface area (Å²) in [6.45, 7) is 1.11. The minimum atomic E-state index is -2.53. The molecule has 0 radical (unpaired) electrons. The zero-order chi connectivity index (χ0) is 25.6. The Morgan fingerprint density at radius 3 is 2.49 bits per heavy atom. The van der Waals surface area contributed by atoms with Crippen molar-refractivity contribution in [3.8, 4) is 0 Å². The Kier molecular flexibility index (Phi) is 4.98. The molecular weight excluding hydrogens is 454 g/mol. The van der Waals surface area contributed by atoms with E-state index in [0.29, 0.717) is 11.9 Å². The number of Topliss-reactive ketones (excluding diaryl/α,β-unsaturated/α-hetero) is 3. The van der Waals surface area contributed by atoms with E-state index < -0.39 is 57.9 Å². The van der Waals surface area contributed by atoms with Gasteiger partial charge in [-0.1, -0.05) is 0 Å². The number of hydrogen-bond acceptors (Lipinski definition) is 10. The fourth-order valence-corrected chi connectivity index (χ4v) is 6.12. The average molecular weight is 482 g/mol. The average Bonchev–Trinajstić information content (AvgIpc) is 3.23. The van der Waals surface area contributed by atoms with Crippen LogP contribution < -0.4 is 4.90 Å². The molecule has 0 spiro atoms. The van der Waals surface area contributed by atoms with Crippen molar-refractivity contribution in [2.45, 2.75) is 31.4 Å². The number of rotatable bonds is 3. The standard InChI is InChI=1S/C25H27N3O7/c1-10(29)16-21(31)19(28(4)5)13-7-11-6-12-15(27(2)3)8-14-22(35-9-26-14)18(12)20(30)17(11)24(33)25(13,34)23(16)32/h8-9,11,13,19,31,33-34H,6-7H2,1-5H3/t11-,13-,19-,25+/m0/s1. The van der Waals surface area contributed by atoms with Crippen LogP contribution in [0.5, 0.6) is 0 Å². The highest BCUT2D eigenvalue weighted by atomic mass is 16.4. The van der Waals surface area contributed by atoms with Crippen molar-refractivity contribution in [2.75, 3.05) is 33.1 Å². The maximum Gasteiger partial charge on any atom is 0.209 e. The fourth-order valence-electron chi connectivity index (χ4n) is 6.12. The Bertz CT molecular complexity index is 1380. The lowest BCUT2D eigenvalue weighted by Crippen LogP contribution is -2.63. The summed E-state index contributed by atoms with van der Waals surface area (Å²) in [6, 6.07) is 0.918. The number of anilines is 1. The van der Waals surface area contributed by atoms with Crippen LogP contribution in [0.1, 0.15) is 29.3 Å². The number of carbonyl (C=O) groups is 3. The minimum Gasteiger partial charge on any atom is -0.510 e. The Hall–Kier alpha value is -3.50. The quantitative estimate of drug-likeness (QED) is 0.554. The van der Waals surface area contributed by atoms with Crippen molar-refractivity contribution in [2.24, 2.45) is 11.8 Å². The number of aliphatic hydroxyl groups excluding tert-OH is 2. The summed E-state index contributed by atoms with van der Waals surface area (Å²) in [7, 11) is 7.00. The Balaban J connectivity index is 1.78. The lowest BCUT2D eigenvalue weighted by Gasteiger charge is -2.50. The number of aromatic nitrogens is 1. The largest absolute Gasteiger partial charge is 0.510 e. The molecule has 1 heterocycles. The van der Waals surface area contributed by atoms with Gasteiger partial charge in [0.05, 0.1) is 11.6 Å². The first-order valence-corrected chi connectivity index (χ1v) is 11.3. The summed E-state index contributed by atoms with van der Waals surface area (Å²) in [5.41, 5.74) is -0.679. The van der Waals surface area contributed by atoms with Crippen LogP contribution in [0.25, 0.3) is 11.1 Å². The van der Waals surface area contributed by atoms with Gasteiger partial charge >= 0.3 is 0 Å². The first-order valence-electron chi connectivity index (χ1n) is 11.3. The summed E-state index contributed by atoms with van der Waals surface area (Å²) < 4.78 is 5.52. The second kappa shape index (κ2) is 7.50. The van der Waals surface area contributed by atoms with Gasteiger partial charge in [-0.3, -0.25) is 19.3 Å². The molecule has 4 atom stereocenters. The summed E-state index contributed by atoms with van der Waals surface area (Å²) in [6.07, 6.45) is 1.71. The van der Waals surface area contributed by atoms with E-state index >= 15 is 0 Å². The molecule has 3 aliphatic rings. The third-order valence-corrected chi connectivity index (χ3v) is 7.61. The summed E-state index contributed by atoms with van der Waals surface area (Å²) in [5.74, 6) is -5.08. The monoisotopic (exact) mass is 481 g/mol. The van der Waals surface area contributed by atoms with E-state index in [-0.39, 0.29) is 23.1 Å². The number of ketones is 3. The molecule has 3 aliphatic carbocycles. The lowest BCUT2D eigenvalue weighted by molar-refractivity contribution is -0.148. The van der Waals surface area contributed by atoms with Crippen LogP contribution in [0.4, 0.5) is 5.69 Å². The number of fused-ring (bicyclic) bond motifs is 5. The van der Waals surface area contributed by atoms with E-state index in [1.54, 1.807) is 19.0 Å². The first kappa shape index (κ1) is 23.3. The van der Waals surface area contributed by atoms with Gasteiger partial charge in [-0.2, -0.15) is 0 Å². The van der Waals surface area contributed by atoms with Gasteiger partial charge in [0.1, 0.15) is 22.6 Å². The zero-order valence-electron chi connectivity index (χ0n) is 20.1. The van der Waals surface area contributed by atoms with E-state index in [1.807, 2.05) is 25.1 Å². The maximum absolute atomic E-state index is 13.9. The van der Waals surface area contributed by atoms with Crippen molar-refractivity contribution in [1.29, 1.82) is 0 Å². The van der Waals surface area contributed by atoms with Crippen molar-refractivity contribution in [1.82, 2.24) is 9.88 Å². The fraction of sp³-hybridized carbons (Fsp3) is 0.440. The van der Waals surface area contributed by atoms with Gasteiger partial charge in [0.2, 0.25) is 5.78 Å². The predicted octanol–water partition coefficient (Wildman–Crippen LogP) is 1.73. The second-order valence-electron chi connectivity index (χ2n) is 10.00. The molecule has 0 saturated heterocycles. The van der Waals surface area contributed by atoms with E-state index in [9.17, 15) is 29.7 Å². The molecule has 2 aromatic rings. The molecule has 0 unspecified atom stereocenters. The minimum absolute atomic E-state index is 0.0694. The zero-order valence-corrected chi connectivity index (χ0v) is 20.1. The number of oxazole rings is 1. The van der Waals surface area contributed by atoms with Gasteiger partial charge in [0.25, 0.3) is 0 Å². The van der Waals surface area contributed by atoms with Gasteiger partial charge in [0, 0.05) is 31.3 Å². The molecular formula is C25H27N3O7. The van der Waals surface area contributed by atoms with Gasteiger partial charge in [-0.25, -0.2) is 4.98 Å². The molecule has 1 aromatic carbocycles. The summed E-state index contributed by atoms with van der Waals surface area (Å²) in [4.78, 5) is 47.2. The van der Waals surface area contributed by atoms with Gasteiger partial charge in [0.15, 0.2) is 29.1 Å². The van der Waals surface area contributed by atoms with Crippen LogP contribution in [0, 0.1) is 11.8 Å². The number of carbonyl (C=O) groups excluding carboxylic acids is 3. The van der Waals surface area contributed by atoms with Crippen molar-refractivity contribution < 1.29 is 34.1 Å². The third-order valence-electron chi connectivity index (χ3n) is 7.61. The van der Waals surface area contributed by atoms with Crippen molar-refractivity contribution in [3.05, 3.63) is 46.3 Å². The molecule has 0 aliphatic heterocycles. The van der Waals surface area contributed by atoms with Crippen LogP contribution >= 0.6 is 0 Å². The molecule has 0 bridgehead atoms.